The van der Waals surface area contributed by atoms with Crippen LogP contribution in [-0.2, 0) is 21.1 Å². The van der Waals surface area contributed by atoms with Gasteiger partial charge in [-0.25, -0.2) is 22.8 Å². The lowest BCUT2D eigenvalue weighted by Gasteiger charge is -2.36. The number of rotatable bonds is 8. The van der Waals surface area contributed by atoms with Crippen molar-refractivity contribution >= 4 is 21.6 Å². The molecule has 42 heavy (non-hydrogen) atoms. The molecule has 0 bridgehead atoms. The molecule has 4 aromatic rings. The third-order valence-corrected chi connectivity index (χ3v) is 8.46. The van der Waals surface area contributed by atoms with Gasteiger partial charge in [0.15, 0.2) is 21.4 Å². The average molecular weight is 589 g/mol. The molecule has 1 aliphatic rings. The van der Waals surface area contributed by atoms with E-state index in [1.807, 2.05) is 29.2 Å². The number of halogens is 1. The van der Waals surface area contributed by atoms with Crippen molar-refractivity contribution in [3.05, 3.63) is 96.2 Å². The van der Waals surface area contributed by atoms with Gasteiger partial charge in [-0.3, -0.25) is 4.79 Å². The van der Waals surface area contributed by atoms with E-state index >= 15 is 0 Å². The van der Waals surface area contributed by atoms with Crippen LogP contribution in [0, 0.1) is 5.82 Å². The van der Waals surface area contributed by atoms with Crippen LogP contribution in [0.2, 0.25) is 0 Å². The maximum Gasteiger partial charge on any atom is 0.227 e. The Morgan fingerprint density at radius 1 is 0.952 bits per heavy atom. The molecule has 0 radical (unpaired) electrons. The summed E-state index contributed by atoms with van der Waals surface area (Å²) in [5.74, 6) is 1.39. The molecule has 1 aromatic heterocycles. The first kappa shape index (κ1) is 29.2. The number of amides is 1. The molecule has 2 heterocycles. The quantitative estimate of drug-likeness (QED) is 0.269. The number of benzene rings is 3. The van der Waals surface area contributed by atoms with Crippen LogP contribution >= 0.6 is 0 Å². The Morgan fingerprint density at radius 2 is 1.67 bits per heavy atom. The minimum Gasteiger partial charge on any atom is -0.451 e. The molecule has 0 spiro atoms. The monoisotopic (exact) mass is 588 g/mol. The van der Waals surface area contributed by atoms with Crippen molar-refractivity contribution in [3.63, 3.8) is 0 Å². The molecule has 218 valence electrons. The van der Waals surface area contributed by atoms with Gasteiger partial charge in [0.05, 0.1) is 17.5 Å². The predicted octanol–water partition coefficient (Wildman–Crippen LogP) is 5.49. The van der Waals surface area contributed by atoms with E-state index in [-0.39, 0.29) is 29.0 Å². The van der Waals surface area contributed by atoms with Crippen molar-refractivity contribution in [2.24, 2.45) is 0 Å². The summed E-state index contributed by atoms with van der Waals surface area (Å²) in [4.78, 5) is 25.7. The van der Waals surface area contributed by atoms with Crippen LogP contribution in [0.15, 0.2) is 84.1 Å². The van der Waals surface area contributed by atoms with Crippen molar-refractivity contribution in [1.82, 2.24) is 14.9 Å². The highest BCUT2D eigenvalue weighted by atomic mass is 32.2. The van der Waals surface area contributed by atoms with Gasteiger partial charge in [-0.1, -0.05) is 50.2 Å². The summed E-state index contributed by atoms with van der Waals surface area (Å²) in [5.41, 5.74) is 3.40. The van der Waals surface area contributed by atoms with Gasteiger partial charge in [-0.2, -0.15) is 0 Å². The standard InChI is InChI=1S/C32H33FN4O4S/c1-22(2)26-6-4-5-7-27(26)28-19-24(33)10-13-29(28)41-30-20-34-21-35-32(30)37-16-14-36(15-17-37)31(38)18-23-8-11-25(12-9-23)42(3,39)40/h4-13,19-22H,14-18H2,1-3H3. The summed E-state index contributed by atoms with van der Waals surface area (Å²) in [6.07, 6.45) is 4.41. The molecule has 0 unspecified atom stereocenters. The summed E-state index contributed by atoms with van der Waals surface area (Å²) < 4.78 is 44.2. The number of hydrogen-bond donors (Lipinski definition) is 0. The van der Waals surface area contributed by atoms with Gasteiger partial charge in [0.2, 0.25) is 5.91 Å². The Bertz CT molecular complexity index is 1690. The average Bonchev–Trinajstić information content (AvgIpc) is 2.98. The summed E-state index contributed by atoms with van der Waals surface area (Å²) in [7, 11) is -3.29. The SMILES string of the molecule is CC(C)c1ccccc1-c1cc(F)ccc1Oc1cncnc1N1CCN(C(=O)Cc2ccc(S(C)(=O)=O)cc2)CC1. The number of anilines is 1. The third kappa shape index (κ3) is 6.60. The molecule has 10 heteroatoms. The zero-order valence-corrected chi connectivity index (χ0v) is 24.6. The van der Waals surface area contributed by atoms with Crippen LogP contribution in [0.3, 0.4) is 0 Å². The lowest BCUT2D eigenvalue weighted by molar-refractivity contribution is -0.130. The van der Waals surface area contributed by atoms with Crippen LogP contribution in [0.5, 0.6) is 11.5 Å². The highest BCUT2D eigenvalue weighted by Crippen LogP contribution is 2.39. The number of aromatic nitrogens is 2. The number of piperazine rings is 1. The van der Waals surface area contributed by atoms with Gasteiger partial charge in [0, 0.05) is 38.0 Å². The first-order chi connectivity index (χ1) is 20.1. The van der Waals surface area contributed by atoms with E-state index in [1.165, 1.54) is 30.6 Å². The largest absolute Gasteiger partial charge is 0.451 e. The smallest absolute Gasteiger partial charge is 0.227 e. The second-order valence-corrected chi connectivity index (χ2v) is 12.7. The second kappa shape index (κ2) is 12.3. The molecule has 8 nitrogen and oxygen atoms in total. The lowest BCUT2D eigenvalue weighted by Crippen LogP contribution is -2.49. The molecule has 0 N–H and O–H groups in total. The molecule has 1 saturated heterocycles. The van der Waals surface area contributed by atoms with Gasteiger partial charge in [0.1, 0.15) is 17.9 Å². The maximum atomic E-state index is 14.4. The molecule has 0 saturated carbocycles. The van der Waals surface area contributed by atoms with Crippen molar-refractivity contribution in [1.29, 1.82) is 0 Å². The fourth-order valence-electron chi connectivity index (χ4n) is 5.09. The summed E-state index contributed by atoms with van der Waals surface area (Å²) in [5, 5.41) is 0. The molecule has 3 aromatic carbocycles. The first-order valence-electron chi connectivity index (χ1n) is 13.8. The van der Waals surface area contributed by atoms with Gasteiger partial charge in [0.25, 0.3) is 0 Å². The van der Waals surface area contributed by atoms with Crippen molar-refractivity contribution < 1.29 is 22.3 Å². The molecule has 1 amide bonds. The Labute approximate surface area is 245 Å². The van der Waals surface area contributed by atoms with E-state index in [1.54, 1.807) is 29.3 Å². The van der Waals surface area contributed by atoms with E-state index in [9.17, 15) is 17.6 Å². The highest BCUT2D eigenvalue weighted by molar-refractivity contribution is 7.90. The van der Waals surface area contributed by atoms with Crippen LogP contribution in [0.1, 0.15) is 30.9 Å². The number of ether oxygens (including phenoxy) is 1. The number of sulfone groups is 1. The molecule has 1 fully saturated rings. The minimum absolute atomic E-state index is 0.0271. The predicted molar refractivity (Wildman–Crippen MR) is 160 cm³/mol. The summed E-state index contributed by atoms with van der Waals surface area (Å²) in [6.45, 7) is 6.26. The van der Waals surface area contributed by atoms with Gasteiger partial charge < -0.3 is 14.5 Å². The molecular weight excluding hydrogens is 555 g/mol. The molecular formula is C32H33FN4O4S. The van der Waals surface area contributed by atoms with E-state index in [0.29, 0.717) is 49.1 Å². The van der Waals surface area contributed by atoms with Crippen LogP contribution in [0.25, 0.3) is 11.1 Å². The number of nitrogens with zero attached hydrogens (tertiary/aromatic N) is 4. The van der Waals surface area contributed by atoms with Gasteiger partial charge >= 0.3 is 0 Å². The normalized spacial score (nSPS) is 13.8. The maximum absolute atomic E-state index is 14.4. The number of carbonyl (C=O) groups is 1. The Balaban J connectivity index is 1.30. The second-order valence-electron chi connectivity index (χ2n) is 10.7. The van der Waals surface area contributed by atoms with Crippen molar-refractivity contribution in [3.8, 4) is 22.6 Å². The van der Waals surface area contributed by atoms with E-state index in [2.05, 4.69) is 23.8 Å². The fourth-order valence-corrected chi connectivity index (χ4v) is 5.72. The van der Waals surface area contributed by atoms with Crippen molar-refractivity contribution in [2.75, 3.05) is 37.3 Å². The van der Waals surface area contributed by atoms with Crippen LogP contribution in [0.4, 0.5) is 10.2 Å². The van der Waals surface area contributed by atoms with E-state index < -0.39 is 9.84 Å². The topological polar surface area (TPSA) is 92.7 Å². The number of carbonyl (C=O) groups excluding carboxylic acids is 1. The zero-order chi connectivity index (χ0) is 29.9. The Morgan fingerprint density at radius 3 is 2.36 bits per heavy atom. The molecule has 0 atom stereocenters. The molecule has 0 aliphatic carbocycles. The number of hydrogen-bond acceptors (Lipinski definition) is 7. The van der Waals surface area contributed by atoms with Crippen LogP contribution in [-0.4, -0.2) is 61.6 Å². The van der Waals surface area contributed by atoms with Gasteiger partial charge in [-0.15, -0.1) is 0 Å². The van der Waals surface area contributed by atoms with Crippen molar-refractivity contribution in [2.45, 2.75) is 31.1 Å². The summed E-state index contributed by atoms with van der Waals surface area (Å²) >= 11 is 0. The molecule has 5 rings (SSSR count). The molecule has 1 aliphatic heterocycles. The highest BCUT2D eigenvalue weighted by Gasteiger charge is 2.25. The first-order valence-corrected chi connectivity index (χ1v) is 15.7. The van der Waals surface area contributed by atoms with Gasteiger partial charge in [-0.05, 0) is 52.9 Å². The summed E-state index contributed by atoms with van der Waals surface area (Å²) in [6, 6.07) is 18.8. The zero-order valence-electron chi connectivity index (χ0n) is 23.8. The fraction of sp³-hybridized carbons (Fsp3) is 0.281. The van der Waals surface area contributed by atoms with E-state index in [4.69, 9.17) is 4.74 Å². The third-order valence-electron chi connectivity index (χ3n) is 7.33. The Hall–Kier alpha value is -4.31. The minimum atomic E-state index is -3.29. The van der Waals surface area contributed by atoms with E-state index in [0.717, 1.165) is 22.9 Å². The van der Waals surface area contributed by atoms with Crippen LogP contribution < -0.4 is 9.64 Å². The Kier molecular flexibility index (Phi) is 8.54. The lowest BCUT2D eigenvalue weighted by atomic mass is 9.92.